The van der Waals surface area contributed by atoms with Gasteiger partial charge in [0.1, 0.15) is 5.76 Å². The summed E-state index contributed by atoms with van der Waals surface area (Å²) in [6.45, 7) is 1.91. The molecule has 1 heterocycles. The first kappa shape index (κ1) is 11.4. The fourth-order valence-corrected chi connectivity index (χ4v) is 2.73. The number of benzene rings is 2. The van der Waals surface area contributed by atoms with Crippen molar-refractivity contribution < 1.29 is 4.52 Å². The zero-order valence-corrected chi connectivity index (χ0v) is 10.9. The summed E-state index contributed by atoms with van der Waals surface area (Å²) in [4.78, 5) is 1.26. The highest BCUT2D eigenvalue weighted by molar-refractivity contribution is 7.98. The summed E-state index contributed by atoms with van der Waals surface area (Å²) in [6, 6.07) is 16.9. The van der Waals surface area contributed by atoms with Gasteiger partial charge in [0.2, 0.25) is 0 Å². The number of thioether (sulfide) groups is 1. The fraction of sp³-hybridized carbons (Fsp3) is 0.133. The maximum Gasteiger partial charge on any atom is 0.133 e. The molecule has 0 saturated heterocycles. The average Bonchev–Trinajstić information content (AvgIpc) is 2.82. The van der Waals surface area contributed by atoms with Crippen molar-refractivity contribution in [2.24, 2.45) is 0 Å². The van der Waals surface area contributed by atoms with Crippen LogP contribution in [0.2, 0.25) is 0 Å². The summed E-state index contributed by atoms with van der Waals surface area (Å²) < 4.78 is 5.06. The second-order valence-electron chi connectivity index (χ2n) is 4.23. The number of fused-ring (bicyclic) bond motifs is 1. The first-order valence-corrected chi connectivity index (χ1v) is 6.83. The molecule has 0 radical (unpaired) electrons. The molecule has 1 aromatic heterocycles. The second kappa shape index (κ2) is 4.86. The molecule has 0 saturated carbocycles. The van der Waals surface area contributed by atoms with E-state index in [-0.39, 0.29) is 0 Å². The van der Waals surface area contributed by atoms with Crippen LogP contribution in [0.1, 0.15) is 11.5 Å². The van der Waals surface area contributed by atoms with Crippen LogP contribution in [0.4, 0.5) is 0 Å². The maximum absolute atomic E-state index is 5.06. The quantitative estimate of drug-likeness (QED) is 0.648. The van der Waals surface area contributed by atoms with Crippen LogP contribution in [-0.4, -0.2) is 5.16 Å². The van der Waals surface area contributed by atoms with Gasteiger partial charge in [0, 0.05) is 16.7 Å². The molecule has 3 aromatic rings. The lowest BCUT2D eigenvalue weighted by Crippen LogP contribution is -1.80. The first-order chi connectivity index (χ1) is 8.81. The molecule has 0 unspecified atom stereocenters. The summed E-state index contributed by atoms with van der Waals surface area (Å²) in [5.41, 5.74) is 0.991. The van der Waals surface area contributed by atoms with Crippen molar-refractivity contribution in [1.82, 2.24) is 5.16 Å². The summed E-state index contributed by atoms with van der Waals surface area (Å²) in [5, 5.41) is 6.55. The maximum atomic E-state index is 5.06. The minimum absolute atomic E-state index is 0.843. The summed E-state index contributed by atoms with van der Waals surface area (Å²) in [7, 11) is 0. The summed E-state index contributed by atoms with van der Waals surface area (Å²) in [6.07, 6.45) is 0. The standard InChI is InChI=1S/C15H13NOS/c1-11-8-14(16-17-11)10-18-15-7-6-12-4-2-3-5-13(12)9-15/h2-9H,10H2,1H3. The number of aryl methyl sites for hydroxylation is 1. The molecular formula is C15H13NOS. The summed E-state index contributed by atoms with van der Waals surface area (Å²) >= 11 is 1.78. The van der Waals surface area contributed by atoms with E-state index < -0.39 is 0 Å². The van der Waals surface area contributed by atoms with Crippen molar-refractivity contribution in [1.29, 1.82) is 0 Å². The van der Waals surface area contributed by atoms with Gasteiger partial charge >= 0.3 is 0 Å². The molecule has 0 aliphatic carbocycles. The van der Waals surface area contributed by atoms with Crippen molar-refractivity contribution in [3.8, 4) is 0 Å². The van der Waals surface area contributed by atoms with E-state index in [2.05, 4.69) is 47.6 Å². The third kappa shape index (κ3) is 2.41. The van der Waals surface area contributed by atoms with Gasteiger partial charge in [-0.05, 0) is 29.8 Å². The SMILES string of the molecule is Cc1cc(CSc2ccc3ccccc3c2)no1. The zero-order chi connectivity index (χ0) is 12.4. The normalized spacial score (nSPS) is 10.9. The molecule has 0 fully saturated rings. The van der Waals surface area contributed by atoms with Crippen molar-refractivity contribution in [3.63, 3.8) is 0 Å². The molecule has 0 N–H and O–H groups in total. The largest absolute Gasteiger partial charge is 0.361 e. The van der Waals surface area contributed by atoms with Gasteiger partial charge in [0.05, 0.1) is 5.69 Å². The van der Waals surface area contributed by atoms with Gasteiger partial charge in [0.25, 0.3) is 0 Å². The second-order valence-corrected chi connectivity index (χ2v) is 5.28. The average molecular weight is 255 g/mol. The van der Waals surface area contributed by atoms with E-state index in [0.29, 0.717) is 0 Å². The van der Waals surface area contributed by atoms with Crippen LogP contribution >= 0.6 is 11.8 Å². The Bertz CT molecular complexity index is 675. The Morgan fingerprint density at radius 1 is 1.06 bits per heavy atom. The Morgan fingerprint density at radius 2 is 1.89 bits per heavy atom. The van der Waals surface area contributed by atoms with Gasteiger partial charge in [-0.15, -0.1) is 11.8 Å². The lowest BCUT2D eigenvalue weighted by atomic mass is 10.1. The predicted octanol–water partition coefficient (Wildman–Crippen LogP) is 4.43. The van der Waals surface area contributed by atoms with Crippen molar-refractivity contribution in [2.75, 3.05) is 0 Å². The number of rotatable bonds is 3. The number of hydrogen-bond acceptors (Lipinski definition) is 3. The van der Waals surface area contributed by atoms with Gasteiger partial charge in [-0.1, -0.05) is 35.5 Å². The number of hydrogen-bond donors (Lipinski definition) is 0. The Morgan fingerprint density at radius 3 is 2.67 bits per heavy atom. The highest BCUT2D eigenvalue weighted by atomic mass is 32.2. The molecule has 0 bridgehead atoms. The van der Waals surface area contributed by atoms with Gasteiger partial charge < -0.3 is 4.52 Å². The van der Waals surface area contributed by atoms with Gasteiger partial charge in [0.15, 0.2) is 0 Å². The molecule has 0 amide bonds. The molecule has 90 valence electrons. The van der Waals surface area contributed by atoms with E-state index in [1.807, 2.05) is 13.0 Å². The molecule has 0 spiro atoms. The van der Waals surface area contributed by atoms with Crippen molar-refractivity contribution in [3.05, 3.63) is 60.0 Å². The molecule has 18 heavy (non-hydrogen) atoms. The fourth-order valence-electron chi connectivity index (χ4n) is 1.90. The molecule has 0 atom stereocenters. The molecular weight excluding hydrogens is 242 g/mol. The van der Waals surface area contributed by atoms with E-state index in [0.717, 1.165) is 17.2 Å². The van der Waals surface area contributed by atoms with E-state index in [1.165, 1.54) is 15.7 Å². The van der Waals surface area contributed by atoms with Crippen molar-refractivity contribution in [2.45, 2.75) is 17.6 Å². The van der Waals surface area contributed by atoms with Gasteiger partial charge in [-0.25, -0.2) is 0 Å². The van der Waals surface area contributed by atoms with Crippen LogP contribution in [-0.2, 0) is 5.75 Å². The van der Waals surface area contributed by atoms with E-state index in [9.17, 15) is 0 Å². The third-order valence-corrected chi connectivity index (χ3v) is 3.81. The highest BCUT2D eigenvalue weighted by Gasteiger charge is 2.02. The van der Waals surface area contributed by atoms with E-state index in [1.54, 1.807) is 11.8 Å². The lowest BCUT2D eigenvalue weighted by Gasteiger charge is -2.02. The van der Waals surface area contributed by atoms with Crippen LogP contribution in [0.15, 0.2) is 57.9 Å². The highest BCUT2D eigenvalue weighted by Crippen LogP contribution is 2.26. The van der Waals surface area contributed by atoms with E-state index in [4.69, 9.17) is 4.52 Å². The van der Waals surface area contributed by atoms with Gasteiger partial charge in [-0.3, -0.25) is 0 Å². The first-order valence-electron chi connectivity index (χ1n) is 5.85. The molecule has 2 aromatic carbocycles. The minimum atomic E-state index is 0.843. The Labute approximate surface area is 110 Å². The van der Waals surface area contributed by atoms with Crippen LogP contribution in [0.5, 0.6) is 0 Å². The Balaban J connectivity index is 1.78. The van der Waals surface area contributed by atoms with Crippen LogP contribution in [0.3, 0.4) is 0 Å². The predicted molar refractivity (Wildman–Crippen MR) is 74.7 cm³/mol. The monoisotopic (exact) mass is 255 g/mol. The molecule has 3 heteroatoms. The molecule has 2 nitrogen and oxygen atoms in total. The molecule has 3 rings (SSSR count). The zero-order valence-electron chi connectivity index (χ0n) is 10.1. The number of aromatic nitrogens is 1. The summed E-state index contributed by atoms with van der Waals surface area (Å²) in [5.74, 6) is 1.71. The van der Waals surface area contributed by atoms with Crippen LogP contribution in [0, 0.1) is 6.92 Å². The topological polar surface area (TPSA) is 26.0 Å². The third-order valence-electron chi connectivity index (χ3n) is 2.78. The molecule has 0 aliphatic heterocycles. The van der Waals surface area contributed by atoms with Crippen molar-refractivity contribution >= 4 is 22.5 Å². The van der Waals surface area contributed by atoms with Gasteiger partial charge in [-0.2, -0.15) is 0 Å². The number of nitrogens with zero attached hydrogens (tertiary/aromatic N) is 1. The Kier molecular flexibility index (Phi) is 3.07. The van der Waals surface area contributed by atoms with Crippen LogP contribution < -0.4 is 0 Å². The lowest BCUT2D eigenvalue weighted by molar-refractivity contribution is 0.393. The smallest absolute Gasteiger partial charge is 0.133 e. The molecule has 0 aliphatic rings. The van der Waals surface area contributed by atoms with E-state index >= 15 is 0 Å². The van der Waals surface area contributed by atoms with Crippen LogP contribution in [0.25, 0.3) is 10.8 Å². The minimum Gasteiger partial charge on any atom is -0.361 e. The Hall–Kier alpha value is -1.74.